The Kier molecular flexibility index (Phi) is 5.99. The Bertz CT molecular complexity index is 461. The molecule has 4 nitrogen and oxygen atoms in total. The first-order valence-electron chi connectivity index (χ1n) is 7.60. The highest BCUT2D eigenvalue weighted by Gasteiger charge is 2.20. The van der Waals surface area contributed by atoms with Crippen LogP contribution in [0.4, 0.5) is 4.39 Å². The van der Waals surface area contributed by atoms with Crippen LogP contribution in [0, 0.1) is 11.7 Å². The molecular weight excluding hydrogens is 271 g/mol. The highest BCUT2D eigenvalue weighted by atomic mass is 19.1. The molecule has 1 aliphatic rings. The predicted molar refractivity (Wildman–Crippen MR) is 79.7 cm³/mol. The highest BCUT2D eigenvalue weighted by molar-refractivity contribution is 5.81. The van der Waals surface area contributed by atoms with Gasteiger partial charge in [0.15, 0.2) is 17.7 Å². The molecule has 1 aromatic carbocycles. The summed E-state index contributed by atoms with van der Waals surface area (Å²) in [4.78, 5) is 12.1. The van der Waals surface area contributed by atoms with Gasteiger partial charge in [0, 0.05) is 6.54 Å². The van der Waals surface area contributed by atoms with E-state index in [1.807, 2.05) is 6.92 Å². The molecule has 1 heterocycles. The van der Waals surface area contributed by atoms with Crippen LogP contribution >= 0.6 is 0 Å². The number of hydrogen-bond donors (Lipinski definition) is 2. The molecule has 0 radical (unpaired) electrons. The topological polar surface area (TPSA) is 50.4 Å². The minimum absolute atomic E-state index is 0.125. The molecule has 1 amide bonds. The van der Waals surface area contributed by atoms with E-state index < -0.39 is 11.9 Å². The Hall–Kier alpha value is -1.62. The number of benzene rings is 1. The monoisotopic (exact) mass is 294 g/mol. The number of carbonyl (C=O) groups excluding carboxylic acids is 1. The highest BCUT2D eigenvalue weighted by Crippen LogP contribution is 2.18. The van der Waals surface area contributed by atoms with Crippen molar-refractivity contribution in [3.63, 3.8) is 0 Å². The van der Waals surface area contributed by atoms with E-state index in [4.69, 9.17) is 4.74 Å². The lowest BCUT2D eigenvalue weighted by atomic mass is 10.1. The molecule has 0 saturated carbocycles. The summed E-state index contributed by atoms with van der Waals surface area (Å²) in [7, 11) is 0. The number of ether oxygens (including phenoxy) is 1. The summed E-state index contributed by atoms with van der Waals surface area (Å²) in [5.74, 6) is 0.143. The third kappa shape index (κ3) is 4.70. The number of hydrogen-bond acceptors (Lipinski definition) is 3. The SMILES string of the molecule is CCC(Oc1ccccc1F)C(=O)NCCC1CCNC1. The Morgan fingerprint density at radius 1 is 1.52 bits per heavy atom. The summed E-state index contributed by atoms with van der Waals surface area (Å²) < 4.78 is 19.0. The average Bonchev–Trinajstić information content (AvgIpc) is 2.99. The first-order valence-corrected chi connectivity index (χ1v) is 7.60. The van der Waals surface area contributed by atoms with Gasteiger partial charge in [-0.25, -0.2) is 4.39 Å². The summed E-state index contributed by atoms with van der Waals surface area (Å²) >= 11 is 0. The van der Waals surface area contributed by atoms with E-state index in [0.717, 1.165) is 19.5 Å². The normalized spacial score (nSPS) is 19.2. The zero-order chi connectivity index (χ0) is 15.1. The summed E-state index contributed by atoms with van der Waals surface area (Å²) in [5, 5.41) is 6.19. The van der Waals surface area contributed by atoms with Crippen LogP contribution in [-0.4, -0.2) is 31.6 Å². The molecule has 1 aromatic rings. The van der Waals surface area contributed by atoms with Crippen LogP contribution in [0.3, 0.4) is 0 Å². The molecule has 2 N–H and O–H groups in total. The number of para-hydroxylation sites is 1. The third-order valence-electron chi connectivity index (χ3n) is 3.78. The van der Waals surface area contributed by atoms with E-state index >= 15 is 0 Å². The van der Waals surface area contributed by atoms with Gasteiger partial charge in [-0.2, -0.15) is 0 Å². The first kappa shape index (κ1) is 15.8. The zero-order valence-corrected chi connectivity index (χ0v) is 12.4. The van der Waals surface area contributed by atoms with Gasteiger partial charge < -0.3 is 15.4 Å². The Balaban J connectivity index is 1.79. The number of rotatable bonds is 7. The minimum atomic E-state index is -0.649. The lowest BCUT2D eigenvalue weighted by molar-refractivity contribution is -0.128. The van der Waals surface area contributed by atoms with Gasteiger partial charge in [0.2, 0.25) is 0 Å². The molecule has 2 unspecified atom stereocenters. The van der Waals surface area contributed by atoms with E-state index in [1.54, 1.807) is 12.1 Å². The van der Waals surface area contributed by atoms with Gasteiger partial charge in [0.1, 0.15) is 0 Å². The van der Waals surface area contributed by atoms with Crippen LogP contribution in [0.2, 0.25) is 0 Å². The van der Waals surface area contributed by atoms with E-state index in [9.17, 15) is 9.18 Å². The Labute approximate surface area is 125 Å². The maximum absolute atomic E-state index is 13.5. The fourth-order valence-corrected chi connectivity index (χ4v) is 2.49. The molecule has 0 bridgehead atoms. The fraction of sp³-hybridized carbons (Fsp3) is 0.562. The Morgan fingerprint density at radius 2 is 2.33 bits per heavy atom. The van der Waals surface area contributed by atoms with Crippen LogP contribution in [0.5, 0.6) is 5.75 Å². The molecular formula is C16H23FN2O2. The standard InChI is InChI=1S/C16H23FN2O2/c1-2-14(21-15-6-4-3-5-13(15)17)16(20)19-10-8-12-7-9-18-11-12/h3-6,12,14,18H,2,7-11H2,1H3,(H,19,20). The van der Waals surface area contributed by atoms with Crippen molar-refractivity contribution in [3.8, 4) is 5.75 Å². The number of halogens is 1. The van der Waals surface area contributed by atoms with Gasteiger partial charge in [-0.05, 0) is 50.4 Å². The summed E-state index contributed by atoms with van der Waals surface area (Å²) in [6.07, 6.45) is 1.99. The second-order valence-corrected chi connectivity index (χ2v) is 5.38. The lowest BCUT2D eigenvalue weighted by Gasteiger charge is -2.18. The number of nitrogens with one attached hydrogen (secondary N) is 2. The molecule has 2 atom stereocenters. The zero-order valence-electron chi connectivity index (χ0n) is 12.4. The predicted octanol–water partition coefficient (Wildman–Crippen LogP) is 2.10. The van der Waals surface area contributed by atoms with Crippen LogP contribution in [0.15, 0.2) is 24.3 Å². The molecule has 116 valence electrons. The van der Waals surface area contributed by atoms with Crippen LogP contribution in [0.1, 0.15) is 26.2 Å². The summed E-state index contributed by atoms with van der Waals surface area (Å²) in [5.41, 5.74) is 0. The molecule has 0 aromatic heterocycles. The Morgan fingerprint density at radius 3 is 3.00 bits per heavy atom. The van der Waals surface area contributed by atoms with E-state index in [0.29, 0.717) is 18.9 Å². The van der Waals surface area contributed by atoms with Gasteiger partial charge >= 0.3 is 0 Å². The van der Waals surface area contributed by atoms with Crippen molar-refractivity contribution in [2.45, 2.75) is 32.3 Å². The number of amides is 1. The largest absolute Gasteiger partial charge is 0.478 e. The quantitative estimate of drug-likeness (QED) is 0.809. The molecule has 0 spiro atoms. The fourth-order valence-electron chi connectivity index (χ4n) is 2.49. The van der Waals surface area contributed by atoms with E-state index in [-0.39, 0.29) is 11.7 Å². The van der Waals surface area contributed by atoms with Gasteiger partial charge in [-0.15, -0.1) is 0 Å². The van der Waals surface area contributed by atoms with Gasteiger partial charge in [0.05, 0.1) is 0 Å². The van der Waals surface area contributed by atoms with Crippen LogP contribution < -0.4 is 15.4 Å². The number of carbonyl (C=O) groups is 1. The van der Waals surface area contributed by atoms with Crippen molar-refractivity contribution in [2.24, 2.45) is 5.92 Å². The van der Waals surface area contributed by atoms with Crippen molar-refractivity contribution in [1.29, 1.82) is 0 Å². The van der Waals surface area contributed by atoms with E-state index in [1.165, 1.54) is 18.6 Å². The first-order chi connectivity index (χ1) is 10.2. The van der Waals surface area contributed by atoms with Gasteiger partial charge in [-0.1, -0.05) is 19.1 Å². The van der Waals surface area contributed by atoms with Gasteiger partial charge in [-0.3, -0.25) is 4.79 Å². The van der Waals surface area contributed by atoms with Crippen molar-refractivity contribution in [1.82, 2.24) is 10.6 Å². The molecule has 1 fully saturated rings. The third-order valence-corrected chi connectivity index (χ3v) is 3.78. The van der Waals surface area contributed by atoms with Crippen LogP contribution in [-0.2, 0) is 4.79 Å². The van der Waals surface area contributed by atoms with E-state index in [2.05, 4.69) is 10.6 Å². The molecule has 2 rings (SSSR count). The second kappa shape index (κ2) is 7.98. The summed E-state index contributed by atoms with van der Waals surface area (Å²) in [6, 6.07) is 6.15. The summed E-state index contributed by atoms with van der Waals surface area (Å²) in [6.45, 7) is 4.58. The second-order valence-electron chi connectivity index (χ2n) is 5.38. The van der Waals surface area contributed by atoms with Crippen LogP contribution in [0.25, 0.3) is 0 Å². The lowest BCUT2D eigenvalue weighted by Crippen LogP contribution is -2.39. The maximum atomic E-state index is 13.5. The van der Waals surface area contributed by atoms with Crippen molar-refractivity contribution < 1.29 is 13.9 Å². The van der Waals surface area contributed by atoms with Gasteiger partial charge in [0.25, 0.3) is 5.91 Å². The molecule has 5 heteroatoms. The molecule has 21 heavy (non-hydrogen) atoms. The molecule has 0 aliphatic carbocycles. The van der Waals surface area contributed by atoms with Crippen molar-refractivity contribution in [3.05, 3.63) is 30.1 Å². The minimum Gasteiger partial charge on any atom is -0.478 e. The van der Waals surface area contributed by atoms with Crippen molar-refractivity contribution >= 4 is 5.91 Å². The maximum Gasteiger partial charge on any atom is 0.261 e. The molecule has 1 aliphatic heterocycles. The smallest absolute Gasteiger partial charge is 0.261 e. The molecule has 1 saturated heterocycles. The van der Waals surface area contributed by atoms with Crippen molar-refractivity contribution in [2.75, 3.05) is 19.6 Å². The average molecular weight is 294 g/mol.